The van der Waals surface area contributed by atoms with Crippen molar-refractivity contribution in [1.82, 2.24) is 15.3 Å². The van der Waals surface area contributed by atoms with Crippen molar-refractivity contribution in [3.05, 3.63) is 22.8 Å². The molecule has 0 saturated heterocycles. The fourth-order valence-corrected chi connectivity index (χ4v) is 1.99. The second-order valence-corrected chi connectivity index (χ2v) is 5.85. The predicted molar refractivity (Wildman–Crippen MR) is 78.3 cm³/mol. The van der Waals surface area contributed by atoms with Crippen LogP contribution in [0, 0.1) is 13.8 Å². The molecule has 0 aromatic carbocycles. The van der Waals surface area contributed by atoms with Gasteiger partial charge in [0.15, 0.2) is 5.82 Å². The summed E-state index contributed by atoms with van der Waals surface area (Å²) in [6, 6.07) is 0. The second kappa shape index (κ2) is 6.96. The average molecular weight is 265 g/mol. The molecule has 0 atom stereocenters. The molecule has 1 aromatic heterocycles. The highest BCUT2D eigenvalue weighted by Crippen LogP contribution is 2.12. The number of hydrogen-bond acceptors (Lipinski definition) is 4. The topological polar surface area (TPSA) is 47.0 Å². The Hall–Kier alpha value is -1.00. The lowest BCUT2D eigenvalue weighted by molar-refractivity contribution is 0.128. The van der Waals surface area contributed by atoms with Crippen molar-refractivity contribution in [2.75, 3.05) is 13.2 Å². The van der Waals surface area contributed by atoms with E-state index in [4.69, 9.17) is 4.74 Å². The third-order valence-electron chi connectivity index (χ3n) is 2.93. The molecule has 1 aromatic rings. The van der Waals surface area contributed by atoms with Crippen LogP contribution in [0.15, 0.2) is 0 Å². The minimum Gasteiger partial charge on any atom is -0.374 e. The molecule has 0 amide bonds. The molecule has 0 aliphatic rings. The Kier molecular flexibility index (Phi) is 5.88. The summed E-state index contributed by atoms with van der Waals surface area (Å²) in [5, 5.41) is 3.49. The van der Waals surface area contributed by atoms with E-state index in [0.717, 1.165) is 30.2 Å². The van der Waals surface area contributed by atoms with Crippen LogP contribution in [-0.2, 0) is 17.8 Å². The highest BCUT2D eigenvalue weighted by molar-refractivity contribution is 5.24. The van der Waals surface area contributed by atoms with Crippen LogP contribution in [-0.4, -0.2) is 28.7 Å². The molecule has 0 aliphatic heterocycles. The monoisotopic (exact) mass is 265 g/mol. The van der Waals surface area contributed by atoms with Crippen LogP contribution in [0.25, 0.3) is 0 Å². The molecule has 4 nitrogen and oxygen atoms in total. The van der Waals surface area contributed by atoms with E-state index in [-0.39, 0.29) is 5.54 Å². The van der Waals surface area contributed by atoms with Crippen LogP contribution < -0.4 is 5.32 Å². The third-order valence-corrected chi connectivity index (χ3v) is 2.93. The van der Waals surface area contributed by atoms with E-state index < -0.39 is 0 Å². The lowest BCUT2D eigenvalue weighted by atomic mass is 10.1. The maximum absolute atomic E-state index is 5.36. The molecular formula is C15H27N3O. The zero-order valence-corrected chi connectivity index (χ0v) is 13.1. The van der Waals surface area contributed by atoms with Gasteiger partial charge in [-0.1, -0.05) is 0 Å². The summed E-state index contributed by atoms with van der Waals surface area (Å²) >= 11 is 0. The molecule has 1 rings (SSSR count). The Morgan fingerprint density at radius 1 is 1.11 bits per heavy atom. The zero-order valence-electron chi connectivity index (χ0n) is 13.1. The number of nitrogens with zero attached hydrogens (tertiary/aromatic N) is 2. The van der Waals surface area contributed by atoms with Crippen LogP contribution in [0.4, 0.5) is 0 Å². The minimum absolute atomic E-state index is 0.150. The number of aryl methyl sites for hydroxylation is 2. The molecule has 0 spiro atoms. The minimum atomic E-state index is 0.150. The third kappa shape index (κ3) is 5.66. The maximum Gasteiger partial charge on any atom is 0.154 e. The van der Waals surface area contributed by atoms with Gasteiger partial charge in [-0.05, 0) is 60.1 Å². The van der Waals surface area contributed by atoms with Crippen LogP contribution in [0.5, 0.6) is 0 Å². The summed E-state index contributed by atoms with van der Waals surface area (Å²) in [6.45, 7) is 14.7. The van der Waals surface area contributed by atoms with Crippen molar-refractivity contribution in [3.63, 3.8) is 0 Å². The Labute approximate surface area is 117 Å². The molecule has 19 heavy (non-hydrogen) atoms. The maximum atomic E-state index is 5.36. The number of rotatable bonds is 6. The molecule has 108 valence electrons. The average Bonchev–Trinajstić information content (AvgIpc) is 2.28. The zero-order chi connectivity index (χ0) is 14.5. The normalized spacial score (nSPS) is 11.9. The molecule has 1 N–H and O–H groups in total. The highest BCUT2D eigenvalue weighted by Gasteiger charge is 2.11. The first-order valence-electron chi connectivity index (χ1n) is 6.99. The number of hydrogen-bond donors (Lipinski definition) is 1. The standard InChI is InChI=1S/C15H27N3O/c1-7-19-10-14-17-11(2)13(12(3)18-14)8-9-16-15(4,5)6/h16H,7-10H2,1-6H3. The highest BCUT2D eigenvalue weighted by atomic mass is 16.5. The largest absolute Gasteiger partial charge is 0.374 e. The first-order valence-corrected chi connectivity index (χ1v) is 6.99. The SMILES string of the molecule is CCOCc1nc(C)c(CCNC(C)(C)C)c(C)n1. The quantitative estimate of drug-likeness (QED) is 0.858. The van der Waals surface area contributed by atoms with Gasteiger partial charge in [-0.25, -0.2) is 9.97 Å². The van der Waals surface area contributed by atoms with E-state index in [1.807, 2.05) is 6.92 Å². The summed E-state index contributed by atoms with van der Waals surface area (Å²) in [5.41, 5.74) is 3.53. The number of ether oxygens (including phenoxy) is 1. The Bertz CT molecular complexity index is 387. The van der Waals surface area contributed by atoms with Gasteiger partial charge in [-0.15, -0.1) is 0 Å². The lowest BCUT2D eigenvalue weighted by Crippen LogP contribution is -2.37. The molecule has 0 radical (unpaired) electrons. The van der Waals surface area contributed by atoms with Gasteiger partial charge in [-0.3, -0.25) is 0 Å². The molecular weight excluding hydrogens is 238 g/mol. The van der Waals surface area contributed by atoms with Gasteiger partial charge in [0.2, 0.25) is 0 Å². The van der Waals surface area contributed by atoms with E-state index >= 15 is 0 Å². The fourth-order valence-electron chi connectivity index (χ4n) is 1.99. The predicted octanol–water partition coefficient (Wildman–Crippen LogP) is 2.56. The lowest BCUT2D eigenvalue weighted by Gasteiger charge is -2.21. The molecule has 0 bridgehead atoms. The summed E-state index contributed by atoms with van der Waals surface area (Å²) in [5.74, 6) is 0.782. The van der Waals surface area contributed by atoms with Crippen molar-refractivity contribution in [2.24, 2.45) is 0 Å². The molecule has 0 fully saturated rings. The smallest absolute Gasteiger partial charge is 0.154 e. The van der Waals surface area contributed by atoms with Gasteiger partial charge in [0.25, 0.3) is 0 Å². The van der Waals surface area contributed by atoms with Crippen LogP contribution in [0.1, 0.15) is 50.5 Å². The number of aromatic nitrogens is 2. The van der Waals surface area contributed by atoms with Crippen LogP contribution >= 0.6 is 0 Å². The Morgan fingerprint density at radius 2 is 1.68 bits per heavy atom. The first-order chi connectivity index (χ1) is 8.83. The van der Waals surface area contributed by atoms with Crippen molar-refractivity contribution in [3.8, 4) is 0 Å². The van der Waals surface area contributed by atoms with E-state index in [2.05, 4.69) is 49.9 Å². The van der Waals surface area contributed by atoms with Crippen LogP contribution in [0.3, 0.4) is 0 Å². The second-order valence-electron chi connectivity index (χ2n) is 5.85. The molecule has 4 heteroatoms. The van der Waals surface area contributed by atoms with E-state index in [1.54, 1.807) is 0 Å². The summed E-state index contributed by atoms with van der Waals surface area (Å²) < 4.78 is 5.36. The Morgan fingerprint density at radius 3 is 2.16 bits per heavy atom. The summed E-state index contributed by atoms with van der Waals surface area (Å²) in [6.07, 6.45) is 0.962. The van der Waals surface area contributed by atoms with Gasteiger partial charge in [-0.2, -0.15) is 0 Å². The van der Waals surface area contributed by atoms with E-state index in [9.17, 15) is 0 Å². The summed E-state index contributed by atoms with van der Waals surface area (Å²) in [7, 11) is 0. The van der Waals surface area contributed by atoms with Gasteiger partial charge in [0.1, 0.15) is 6.61 Å². The van der Waals surface area contributed by atoms with Crippen molar-refractivity contribution in [1.29, 1.82) is 0 Å². The molecule has 0 saturated carbocycles. The van der Waals surface area contributed by atoms with Crippen LogP contribution in [0.2, 0.25) is 0 Å². The molecule has 0 unspecified atom stereocenters. The first kappa shape index (κ1) is 16.1. The van der Waals surface area contributed by atoms with Gasteiger partial charge in [0.05, 0.1) is 0 Å². The van der Waals surface area contributed by atoms with Gasteiger partial charge >= 0.3 is 0 Å². The Balaban J connectivity index is 2.69. The van der Waals surface area contributed by atoms with Crippen molar-refractivity contribution >= 4 is 0 Å². The summed E-state index contributed by atoms with van der Waals surface area (Å²) in [4.78, 5) is 9.05. The van der Waals surface area contributed by atoms with Crippen molar-refractivity contribution < 1.29 is 4.74 Å². The fraction of sp³-hybridized carbons (Fsp3) is 0.733. The van der Waals surface area contributed by atoms with Gasteiger partial charge in [0, 0.05) is 23.5 Å². The van der Waals surface area contributed by atoms with Crippen molar-refractivity contribution in [2.45, 2.75) is 60.1 Å². The van der Waals surface area contributed by atoms with Gasteiger partial charge < -0.3 is 10.1 Å². The molecule has 1 heterocycles. The molecule has 0 aliphatic carbocycles. The number of nitrogens with one attached hydrogen (secondary N) is 1. The van der Waals surface area contributed by atoms with E-state index in [0.29, 0.717) is 13.2 Å². The van der Waals surface area contributed by atoms with E-state index in [1.165, 1.54) is 5.56 Å².